The van der Waals surface area contributed by atoms with Crippen LogP contribution >= 0.6 is 0 Å². The van der Waals surface area contributed by atoms with Crippen molar-refractivity contribution < 1.29 is 19.1 Å². The molecular weight excluding hydrogens is 628 g/mol. The summed E-state index contributed by atoms with van der Waals surface area (Å²) in [7, 11) is 0. The molecule has 0 aliphatic carbocycles. The molecule has 1 amide bonds. The zero-order valence-electron chi connectivity index (χ0n) is 27.7. The van der Waals surface area contributed by atoms with Crippen LogP contribution < -0.4 is 15.2 Å². The molecule has 0 fully saturated rings. The highest BCUT2D eigenvalue weighted by Crippen LogP contribution is 2.49. The average molecular weight is 665 g/mol. The molecule has 0 unspecified atom stereocenters. The lowest BCUT2D eigenvalue weighted by Gasteiger charge is -2.36. The molecule has 0 saturated carbocycles. The van der Waals surface area contributed by atoms with E-state index in [9.17, 15) is 14.7 Å². The van der Waals surface area contributed by atoms with Crippen LogP contribution in [0, 0.1) is 5.39 Å². The molecule has 0 spiro atoms. The third-order valence-electron chi connectivity index (χ3n) is 10.9. The maximum absolute atomic E-state index is 13.3. The first-order chi connectivity index (χ1) is 24.5. The van der Waals surface area contributed by atoms with E-state index < -0.39 is 11.9 Å². The van der Waals surface area contributed by atoms with E-state index in [2.05, 4.69) is 37.4 Å². The molecule has 5 heterocycles. The fraction of sp³-hybridized carbons (Fsp3) is 0.300. The van der Waals surface area contributed by atoms with Crippen molar-refractivity contribution in [3.63, 3.8) is 0 Å². The Morgan fingerprint density at radius 2 is 1.38 bits per heavy atom. The number of carbonyl (C=O) groups is 2. The number of benzene rings is 4. The Hall–Kier alpha value is -5.82. The van der Waals surface area contributed by atoms with Gasteiger partial charge in [0, 0.05) is 49.4 Å². The molecule has 0 bridgehead atoms. The number of carboxylic acids is 1. The zero-order chi connectivity index (χ0) is 33.9. The monoisotopic (exact) mass is 664 g/mol. The molecule has 4 aromatic carbocycles. The van der Waals surface area contributed by atoms with Crippen molar-refractivity contribution in [3.8, 4) is 11.1 Å². The van der Waals surface area contributed by atoms with E-state index in [1.54, 1.807) is 36.4 Å². The molecule has 10 nitrogen and oxygen atoms in total. The number of hydrogen-bond donors (Lipinski definition) is 2. The van der Waals surface area contributed by atoms with Gasteiger partial charge in [-0.15, -0.1) is 0 Å². The van der Waals surface area contributed by atoms with Gasteiger partial charge in [0.1, 0.15) is 0 Å². The van der Waals surface area contributed by atoms with Crippen molar-refractivity contribution in [2.45, 2.75) is 51.4 Å². The fourth-order valence-electron chi connectivity index (χ4n) is 8.74. The van der Waals surface area contributed by atoms with E-state index in [-0.39, 0.29) is 11.1 Å². The lowest BCUT2D eigenvalue weighted by Crippen LogP contribution is -2.35. The third kappa shape index (κ3) is 4.87. The molecule has 50 heavy (non-hydrogen) atoms. The lowest BCUT2D eigenvalue weighted by atomic mass is 9.83. The highest BCUT2D eigenvalue weighted by Gasteiger charge is 2.37. The maximum atomic E-state index is 13.3. The van der Waals surface area contributed by atoms with Crippen LogP contribution in [0.5, 0.6) is 0 Å². The summed E-state index contributed by atoms with van der Waals surface area (Å²) in [5.41, 5.74) is 14.7. The van der Waals surface area contributed by atoms with E-state index in [1.807, 2.05) is 0 Å². The molecule has 4 aliphatic heterocycles. The minimum Gasteiger partial charge on any atom is -0.478 e. The van der Waals surface area contributed by atoms with E-state index in [0.29, 0.717) is 16.8 Å². The number of carboxylic acid groups (broad SMARTS) is 1. The average Bonchev–Trinajstić information content (AvgIpc) is 3.15. The van der Waals surface area contributed by atoms with Gasteiger partial charge < -0.3 is 14.9 Å². The third-order valence-corrected chi connectivity index (χ3v) is 10.9. The topological polar surface area (TPSA) is 125 Å². The molecule has 4 aliphatic rings. The van der Waals surface area contributed by atoms with Crippen LogP contribution in [-0.2, 0) is 25.7 Å². The second kappa shape index (κ2) is 11.9. The summed E-state index contributed by atoms with van der Waals surface area (Å²) in [6.45, 7) is 4.18. The molecule has 0 atom stereocenters. The molecule has 5 aromatic rings. The Labute approximate surface area is 288 Å². The Morgan fingerprint density at radius 1 is 0.800 bits per heavy atom. The van der Waals surface area contributed by atoms with Crippen LogP contribution in [-0.4, -0.2) is 49.4 Å². The number of hydrazone groups is 1. The Kier molecular flexibility index (Phi) is 7.23. The molecule has 0 radical (unpaired) electrons. The minimum absolute atomic E-state index is 0.0553. The normalized spacial score (nSPS) is 16.3. The summed E-state index contributed by atoms with van der Waals surface area (Å²) in [5, 5.41) is 25.6. The summed E-state index contributed by atoms with van der Waals surface area (Å²) in [6, 6.07) is 16.1. The van der Waals surface area contributed by atoms with E-state index >= 15 is 0 Å². The van der Waals surface area contributed by atoms with Crippen molar-refractivity contribution in [1.29, 1.82) is 5.39 Å². The number of nitrogens with one attached hydrogen (secondary N) is 1. The molecule has 10 heteroatoms. The molecule has 2 N–H and O–H groups in total. The molecule has 248 valence electrons. The molecule has 1 aromatic heterocycles. The van der Waals surface area contributed by atoms with Crippen LogP contribution in [0.4, 0.5) is 17.1 Å². The second-order valence-corrected chi connectivity index (χ2v) is 13.8. The Bertz CT molecular complexity index is 2250. The van der Waals surface area contributed by atoms with Gasteiger partial charge in [0.05, 0.1) is 45.1 Å². The van der Waals surface area contributed by atoms with E-state index in [4.69, 9.17) is 9.81 Å². The van der Waals surface area contributed by atoms with Crippen LogP contribution in [0.1, 0.15) is 74.2 Å². The number of diazo groups is 1. The molecule has 9 rings (SSSR count). The van der Waals surface area contributed by atoms with Gasteiger partial charge in [-0.1, -0.05) is 6.07 Å². The minimum atomic E-state index is -1.11. The first kappa shape index (κ1) is 30.3. The number of aryl methyl sites for hydroxylation is 4. The fourth-order valence-corrected chi connectivity index (χ4v) is 8.74. The number of fused-ring (bicyclic) bond motifs is 4. The summed E-state index contributed by atoms with van der Waals surface area (Å²) >= 11 is 0. The van der Waals surface area contributed by atoms with Gasteiger partial charge in [-0.05, 0) is 110 Å². The zero-order valence-corrected chi connectivity index (χ0v) is 27.7. The van der Waals surface area contributed by atoms with Gasteiger partial charge >= 0.3 is 22.8 Å². The van der Waals surface area contributed by atoms with Gasteiger partial charge in [-0.3, -0.25) is 4.79 Å². The first-order valence-corrected chi connectivity index (χ1v) is 17.6. The van der Waals surface area contributed by atoms with Gasteiger partial charge in [0.25, 0.3) is 5.91 Å². The quantitative estimate of drug-likeness (QED) is 0.0644. The smallest absolute Gasteiger partial charge is 0.385 e. The van der Waals surface area contributed by atoms with Gasteiger partial charge in [0.15, 0.2) is 4.98 Å². The molecular formula is C40H36N6O4+2. The summed E-state index contributed by atoms with van der Waals surface area (Å²) in [6.07, 6.45) is 9.54. The number of amides is 1. The number of hydrogen-bond acceptors (Lipinski definition) is 6. The predicted octanol–water partition coefficient (Wildman–Crippen LogP) is 7.88. The standard InChI is InChI=1S/C40H34N6O4/c41-43-27-12-9-23(10-13-27)22-42-44-39(47)26-11-14-28(31(21-26)40(48)49)34-32-19-24-5-1-15-45-17-3-7-29(35(24)45)37(32)50-38-30-8-4-18-46-16-2-6-25(36(30)46)20-33(34)38/h9-14,19-22H,1-8,15-18H2/p+2/b42-22-. The number of nitrogens with zero attached hydrogens (tertiary/aromatic N) is 5. The largest absolute Gasteiger partial charge is 0.478 e. The van der Waals surface area contributed by atoms with Crippen LogP contribution in [0.2, 0.25) is 0 Å². The highest BCUT2D eigenvalue weighted by molar-refractivity contribution is 6.15. The van der Waals surface area contributed by atoms with Crippen molar-refractivity contribution in [2.24, 2.45) is 5.10 Å². The second-order valence-electron chi connectivity index (χ2n) is 13.8. The highest BCUT2D eigenvalue weighted by atomic mass is 16.4. The Morgan fingerprint density at radius 3 is 1.94 bits per heavy atom. The van der Waals surface area contributed by atoms with Gasteiger partial charge in [0.2, 0.25) is 5.39 Å². The van der Waals surface area contributed by atoms with Gasteiger partial charge in [-0.25, -0.2) is 14.6 Å². The summed E-state index contributed by atoms with van der Waals surface area (Å²) in [5.74, 6) is -1.63. The van der Waals surface area contributed by atoms with Crippen LogP contribution in [0.15, 0.2) is 64.1 Å². The first-order valence-electron chi connectivity index (χ1n) is 17.6. The van der Waals surface area contributed by atoms with Gasteiger partial charge in [-0.2, -0.15) is 5.10 Å². The summed E-state index contributed by atoms with van der Waals surface area (Å²) < 4.78 is 7.11. The van der Waals surface area contributed by atoms with Crippen LogP contribution in [0.3, 0.4) is 0 Å². The Balaban J connectivity index is 1.23. The van der Waals surface area contributed by atoms with Crippen molar-refractivity contribution in [1.82, 2.24) is 5.43 Å². The molecule has 0 saturated heterocycles. The van der Waals surface area contributed by atoms with E-state index in [1.165, 1.54) is 45.9 Å². The lowest BCUT2D eigenvalue weighted by molar-refractivity contribution is 0.0697. The number of carbonyl (C=O) groups excluding carboxylic acids is 1. The van der Waals surface area contributed by atoms with Crippen LogP contribution in [0.25, 0.3) is 38.0 Å². The van der Waals surface area contributed by atoms with Crippen molar-refractivity contribution >= 4 is 57.1 Å². The van der Waals surface area contributed by atoms with Crippen molar-refractivity contribution in [2.75, 3.05) is 36.0 Å². The van der Waals surface area contributed by atoms with E-state index in [0.717, 1.165) is 105 Å². The SMILES string of the molecule is N#[N+]c1ccc(/C=N\NC(=O)c2ccc(-c3c4cc5c6c(c4[o+]c4c7c8c(cc34)CCCN8CCC7)CCCN6CCC5)c(C(=O)O)c2)cc1. The number of aromatic carboxylic acids is 1. The maximum Gasteiger partial charge on any atom is 0.385 e. The number of anilines is 2. The summed E-state index contributed by atoms with van der Waals surface area (Å²) in [4.78, 5) is 34.5. The predicted molar refractivity (Wildman–Crippen MR) is 194 cm³/mol. The van der Waals surface area contributed by atoms with Crippen molar-refractivity contribution in [3.05, 3.63) is 98.5 Å². The number of rotatable bonds is 5.